The summed E-state index contributed by atoms with van der Waals surface area (Å²) >= 11 is 0. The maximum absolute atomic E-state index is 5.84. The average Bonchev–Trinajstić information content (AvgIpc) is 2.89. The standard InChI is InChI=1S/C16H26N2O/c1-2-9-18(10-8-16-7-4-11-19-16)13-14-5-3-6-15(17)12-14/h3,5-6,12,16H,2,4,7-11,13,17H2,1H3. The fourth-order valence-electron chi connectivity index (χ4n) is 2.73. The van der Waals surface area contributed by atoms with Crippen LogP contribution in [0.5, 0.6) is 0 Å². The number of nitrogens with zero attached hydrogens (tertiary/aromatic N) is 1. The topological polar surface area (TPSA) is 38.5 Å². The molecule has 1 aliphatic heterocycles. The van der Waals surface area contributed by atoms with Gasteiger partial charge in [-0.3, -0.25) is 4.90 Å². The zero-order valence-corrected chi connectivity index (χ0v) is 12.0. The maximum atomic E-state index is 5.84. The van der Waals surface area contributed by atoms with Crippen LogP contribution in [0.4, 0.5) is 5.69 Å². The molecule has 1 fully saturated rings. The Hall–Kier alpha value is -1.06. The lowest BCUT2D eigenvalue weighted by Crippen LogP contribution is -2.27. The summed E-state index contributed by atoms with van der Waals surface area (Å²) in [4.78, 5) is 2.51. The summed E-state index contributed by atoms with van der Waals surface area (Å²) in [6.45, 7) is 6.44. The van der Waals surface area contributed by atoms with Gasteiger partial charge in [0.1, 0.15) is 0 Å². The van der Waals surface area contributed by atoms with E-state index >= 15 is 0 Å². The van der Waals surface area contributed by atoms with Crippen molar-refractivity contribution in [1.29, 1.82) is 0 Å². The van der Waals surface area contributed by atoms with Gasteiger partial charge in [0.2, 0.25) is 0 Å². The summed E-state index contributed by atoms with van der Waals surface area (Å²) in [5.41, 5.74) is 8.00. The highest BCUT2D eigenvalue weighted by molar-refractivity contribution is 5.40. The van der Waals surface area contributed by atoms with E-state index < -0.39 is 0 Å². The second-order valence-electron chi connectivity index (χ2n) is 5.44. The molecule has 3 heteroatoms. The van der Waals surface area contributed by atoms with Gasteiger partial charge >= 0.3 is 0 Å². The van der Waals surface area contributed by atoms with Crippen molar-refractivity contribution in [2.24, 2.45) is 0 Å². The van der Waals surface area contributed by atoms with Crippen molar-refractivity contribution in [3.05, 3.63) is 29.8 Å². The molecule has 1 aromatic rings. The first-order valence-corrected chi connectivity index (χ1v) is 7.46. The Kier molecular flexibility index (Phi) is 5.67. The summed E-state index contributed by atoms with van der Waals surface area (Å²) in [6, 6.07) is 8.22. The summed E-state index contributed by atoms with van der Waals surface area (Å²) in [6.07, 6.45) is 5.29. The molecule has 1 heterocycles. The zero-order chi connectivity index (χ0) is 13.5. The molecule has 1 saturated heterocycles. The minimum Gasteiger partial charge on any atom is -0.399 e. The molecule has 19 heavy (non-hydrogen) atoms. The number of hydrogen-bond donors (Lipinski definition) is 1. The summed E-state index contributed by atoms with van der Waals surface area (Å²) < 4.78 is 5.70. The van der Waals surface area contributed by atoms with Crippen molar-refractivity contribution in [3.8, 4) is 0 Å². The minimum atomic E-state index is 0.486. The van der Waals surface area contributed by atoms with Crippen LogP contribution in [0.15, 0.2) is 24.3 Å². The van der Waals surface area contributed by atoms with Gasteiger partial charge in [-0.15, -0.1) is 0 Å². The molecule has 2 rings (SSSR count). The summed E-state index contributed by atoms with van der Waals surface area (Å²) in [5.74, 6) is 0. The lowest BCUT2D eigenvalue weighted by atomic mass is 10.1. The average molecular weight is 262 g/mol. The van der Waals surface area contributed by atoms with Gasteiger partial charge in [0.25, 0.3) is 0 Å². The van der Waals surface area contributed by atoms with E-state index in [0.717, 1.165) is 38.3 Å². The van der Waals surface area contributed by atoms with Gasteiger partial charge in [0.15, 0.2) is 0 Å². The van der Waals surface area contributed by atoms with Crippen LogP contribution in [-0.2, 0) is 11.3 Å². The van der Waals surface area contributed by atoms with Crippen LogP contribution >= 0.6 is 0 Å². The highest BCUT2D eigenvalue weighted by Gasteiger charge is 2.16. The third-order valence-electron chi connectivity index (χ3n) is 3.69. The molecular formula is C16H26N2O. The molecule has 3 nitrogen and oxygen atoms in total. The predicted octanol–water partition coefficient (Wildman–Crippen LogP) is 3.05. The Morgan fingerprint density at radius 1 is 1.37 bits per heavy atom. The summed E-state index contributed by atoms with van der Waals surface area (Å²) in [5, 5.41) is 0. The second kappa shape index (κ2) is 7.51. The monoisotopic (exact) mass is 262 g/mol. The maximum Gasteiger partial charge on any atom is 0.0588 e. The van der Waals surface area contributed by atoms with Crippen LogP contribution in [0.1, 0.15) is 38.2 Å². The van der Waals surface area contributed by atoms with Gasteiger partial charge in [-0.05, 0) is 49.9 Å². The molecule has 0 bridgehead atoms. The fourth-order valence-corrected chi connectivity index (χ4v) is 2.73. The SMILES string of the molecule is CCCN(CCC1CCCO1)Cc1cccc(N)c1. The molecule has 1 unspecified atom stereocenters. The normalized spacial score (nSPS) is 19.2. The Labute approximate surface area is 116 Å². The number of benzene rings is 1. The first-order chi connectivity index (χ1) is 9.28. The van der Waals surface area contributed by atoms with E-state index in [-0.39, 0.29) is 0 Å². The molecule has 0 aromatic heterocycles. The van der Waals surface area contributed by atoms with Gasteiger partial charge in [0.05, 0.1) is 6.10 Å². The molecule has 0 amide bonds. The van der Waals surface area contributed by atoms with Gasteiger partial charge in [-0.2, -0.15) is 0 Å². The van der Waals surface area contributed by atoms with Crippen LogP contribution in [0.25, 0.3) is 0 Å². The van der Waals surface area contributed by atoms with Crippen molar-refractivity contribution < 1.29 is 4.74 Å². The molecule has 106 valence electrons. The fraction of sp³-hybridized carbons (Fsp3) is 0.625. The number of ether oxygens (including phenoxy) is 1. The second-order valence-corrected chi connectivity index (χ2v) is 5.44. The van der Waals surface area contributed by atoms with Crippen LogP contribution in [-0.4, -0.2) is 30.7 Å². The van der Waals surface area contributed by atoms with E-state index in [1.54, 1.807) is 0 Å². The molecule has 2 N–H and O–H groups in total. The lowest BCUT2D eigenvalue weighted by Gasteiger charge is -2.23. The Morgan fingerprint density at radius 2 is 2.26 bits per heavy atom. The third-order valence-corrected chi connectivity index (χ3v) is 3.69. The van der Waals surface area contributed by atoms with Crippen molar-refractivity contribution >= 4 is 5.69 Å². The van der Waals surface area contributed by atoms with Crippen LogP contribution in [0.3, 0.4) is 0 Å². The highest BCUT2D eigenvalue weighted by atomic mass is 16.5. The third kappa shape index (κ3) is 4.84. The highest BCUT2D eigenvalue weighted by Crippen LogP contribution is 2.17. The molecule has 1 aliphatic rings. The Bertz CT molecular complexity index is 375. The van der Waals surface area contributed by atoms with Gasteiger partial charge in [-0.25, -0.2) is 0 Å². The van der Waals surface area contributed by atoms with Crippen molar-refractivity contribution in [3.63, 3.8) is 0 Å². The van der Waals surface area contributed by atoms with Gasteiger partial charge in [0, 0.05) is 25.4 Å². The molecule has 1 aromatic carbocycles. The Balaban J connectivity index is 1.84. The molecule has 0 aliphatic carbocycles. The smallest absolute Gasteiger partial charge is 0.0588 e. The van der Waals surface area contributed by atoms with Gasteiger partial charge < -0.3 is 10.5 Å². The van der Waals surface area contributed by atoms with Crippen LogP contribution in [0.2, 0.25) is 0 Å². The van der Waals surface area contributed by atoms with E-state index in [4.69, 9.17) is 10.5 Å². The largest absolute Gasteiger partial charge is 0.399 e. The van der Waals surface area contributed by atoms with E-state index in [9.17, 15) is 0 Å². The number of hydrogen-bond acceptors (Lipinski definition) is 3. The molecule has 0 saturated carbocycles. The van der Waals surface area contributed by atoms with Gasteiger partial charge in [-0.1, -0.05) is 19.1 Å². The minimum absolute atomic E-state index is 0.486. The number of anilines is 1. The lowest BCUT2D eigenvalue weighted by molar-refractivity contribution is 0.0908. The van der Waals surface area contributed by atoms with E-state index in [1.807, 2.05) is 12.1 Å². The quantitative estimate of drug-likeness (QED) is 0.768. The van der Waals surface area contributed by atoms with Crippen molar-refractivity contribution in [2.75, 3.05) is 25.4 Å². The van der Waals surface area contributed by atoms with E-state index in [0.29, 0.717) is 6.10 Å². The number of rotatable bonds is 7. The zero-order valence-electron chi connectivity index (χ0n) is 12.0. The van der Waals surface area contributed by atoms with Crippen LogP contribution < -0.4 is 5.73 Å². The van der Waals surface area contributed by atoms with E-state index in [1.165, 1.54) is 24.8 Å². The molecule has 0 spiro atoms. The molecule has 1 atom stereocenters. The molecular weight excluding hydrogens is 236 g/mol. The Morgan fingerprint density at radius 3 is 2.95 bits per heavy atom. The number of nitrogen functional groups attached to an aromatic ring is 1. The first kappa shape index (κ1) is 14.4. The van der Waals surface area contributed by atoms with Crippen molar-refractivity contribution in [1.82, 2.24) is 4.90 Å². The van der Waals surface area contributed by atoms with E-state index in [2.05, 4.69) is 24.0 Å². The number of nitrogens with two attached hydrogens (primary N) is 1. The predicted molar refractivity (Wildman–Crippen MR) is 80.0 cm³/mol. The van der Waals surface area contributed by atoms with Crippen LogP contribution in [0, 0.1) is 0 Å². The van der Waals surface area contributed by atoms with Crippen molar-refractivity contribution in [2.45, 2.75) is 45.3 Å². The molecule has 0 radical (unpaired) electrons. The summed E-state index contributed by atoms with van der Waals surface area (Å²) in [7, 11) is 0. The first-order valence-electron chi connectivity index (χ1n) is 7.46.